The van der Waals surface area contributed by atoms with Crippen molar-refractivity contribution in [3.63, 3.8) is 0 Å². The molecule has 0 heterocycles. The second kappa shape index (κ2) is 15.2. The van der Waals surface area contributed by atoms with Crippen LogP contribution in [0.5, 0.6) is 0 Å². The predicted octanol–water partition coefficient (Wildman–Crippen LogP) is -0.325. The van der Waals surface area contributed by atoms with Crippen LogP contribution in [-0.4, -0.2) is 80.2 Å². The molecule has 0 radical (unpaired) electrons. The van der Waals surface area contributed by atoms with Crippen LogP contribution in [0, 0.1) is 0 Å². The molecule has 0 aromatic rings. The Labute approximate surface area is 125 Å². The van der Waals surface area contributed by atoms with E-state index in [1.807, 2.05) is 7.05 Å². The molecule has 0 saturated carbocycles. The Morgan fingerprint density at radius 3 is 2.60 bits per heavy atom. The number of likely N-dealkylation sites (N-methyl/N-ethyl adjacent to an activating group) is 1. The van der Waals surface area contributed by atoms with E-state index in [0.29, 0.717) is 50.8 Å². The van der Waals surface area contributed by atoms with Crippen LogP contribution >= 0.6 is 11.8 Å². The Kier molecular flexibility index (Phi) is 15.1. The lowest BCUT2D eigenvalue weighted by Gasteiger charge is -2.07. The zero-order valence-electron chi connectivity index (χ0n) is 12.2. The normalized spacial score (nSPS) is 12.6. The van der Waals surface area contributed by atoms with Crippen molar-refractivity contribution in [2.24, 2.45) is 0 Å². The van der Waals surface area contributed by atoms with Gasteiger partial charge in [0, 0.05) is 25.3 Å². The number of rotatable bonds is 15. The minimum Gasteiger partial charge on any atom is -0.394 e. The molecular weight excluding hydrogens is 282 g/mol. The summed E-state index contributed by atoms with van der Waals surface area (Å²) in [5, 5.41) is 20.7. The number of aliphatic hydroxyl groups excluding tert-OH is 2. The number of hydrogen-bond donors (Lipinski definition) is 3. The predicted molar refractivity (Wildman–Crippen MR) is 80.2 cm³/mol. The van der Waals surface area contributed by atoms with Crippen LogP contribution in [0.3, 0.4) is 0 Å². The molecule has 20 heavy (non-hydrogen) atoms. The minimum absolute atomic E-state index is 0.147. The summed E-state index contributed by atoms with van der Waals surface area (Å²) in [5.41, 5.74) is 0. The molecule has 0 spiro atoms. The molecule has 0 aliphatic carbocycles. The largest absolute Gasteiger partial charge is 0.394 e. The molecule has 0 amide bonds. The van der Waals surface area contributed by atoms with Crippen molar-refractivity contribution < 1.29 is 24.5 Å². The number of ketones is 1. The summed E-state index contributed by atoms with van der Waals surface area (Å²) in [6, 6.07) is 0. The summed E-state index contributed by atoms with van der Waals surface area (Å²) in [4.78, 5) is 11.5. The van der Waals surface area contributed by atoms with Gasteiger partial charge < -0.3 is 25.0 Å². The number of nitrogens with one attached hydrogen (secondary N) is 1. The van der Waals surface area contributed by atoms with Crippen LogP contribution in [0.15, 0.2) is 0 Å². The van der Waals surface area contributed by atoms with Gasteiger partial charge in [-0.3, -0.25) is 4.79 Å². The zero-order chi connectivity index (χ0) is 15.1. The Balaban J connectivity index is 3.19. The van der Waals surface area contributed by atoms with Gasteiger partial charge in [0.25, 0.3) is 0 Å². The van der Waals surface area contributed by atoms with E-state index in [9.17, 15) is 4.79 Å². The van der Waals surface area contributed by atoms with Crippen LogP contribution in [0.4, 0.5) is 0 Å². The molecule has 1 unspecified atom stereocenters. The van der Waals surface area contributed by atoms with Crippen molar-refractivity contribution in [3.8, 4) is 0 Å². The van der Waals surface area contributed by atoms with Crippen molar-refractivity contribution in [1.29, 1.82) is 0 Å². The van der Waals surface area contributed by atoms with E-state index in [1.165, 1.54) is 11.8 Å². The monoisotopic (exact) mass is 309 g/mol. The molecule has 0 aliphatic heterocycles. The number of hydrogen-bond acceptors (Lipinski definition) is 7. The number of thioether (sulfide) groups is 1. The van der Waals surface area contributed by atoms with Crippen LogP contribution in [-0.2, 0) is 14.3 Å². The zero-order valence-corrected chi connectivity index (χ0v) is 13.0. The van der Waals surface area contributed by atoms with Gasteiger partial charge in [-0.05, 0) is 13.5 Å². The van der Waals surface area contributed by atoms with E-state index in [1.54, 1.807) is 0 Å². The van der Waals surface area contributed by atoms with E-state index >= 15 is 0 Å². The molecule has 0 rings (SSSR count). The average molecular weight is 309 g/mol. The molecule has 0 bridgehead atoms. The van der Waals surface area contributed by atoms with Crippen LogP contribution in [0.1, 0.15) is 12.8 Å². The molecule has 3 N–H and O–H groups in total. The lowest BCUT2D eigenvalue weighted by Crippen LogP contribution is -2.16. The summed E-state index contributed by atoms with van der Waals surface area (Å²) in [7, 11) is 1.87. The van der Waals surface area contributed by atoms with Gasteiger partial charge in [0.2, 0.25) is 0 Å². The van der Waals surface area contributed by atoms with Gasteiger partial charge in [-0.15, -0.1) is 0 Å². The standard InChI is InChI=1S/C13H27NO5S/c1-14-4-6-19-8-7-18-5-2-3-12(16)10-20-11-13(17)9-15/h13-15,17H,2-11H2,1H3. The molecule has 0 aromatic heterocycles. The van der Waals surface area contributed by atoms with Gasteiger partial charge in [0.05, 0.1) is 38.3 Å². The van der Waals surface area contributed by atoms with Crippen LogP contribution < -0.4 is 5.32 Å². The molecule has 0 aliphatic rings. The van der Waals surface area contributed by atoms with E-state index in [0.717, 1.165) is 6.54 Å². The molecule has 120 valence electrons. The third kappa shape index (κ3) is 14.2. The summed E-state index contributed by atoms with van der Waals surface area (Å²) in [5.74, 6) is 0.918. The Morgan fingerprint density at radius 2 is 1.95 bits per heavy atom. The highest BCUT2D eigenvalue weighted by Crippen LogP contribution is 2.05. The molecule has 7 heteroatoms. The maximum absolute atomic E-state index is 11.5. The lowest BCUT2D eigenvalue weighted by atomic mass is 10.2. The first kappa shape index (κ1) is 19.8. The number of carbonyl (C=O) groups excluding carboxylic acids is 1. The molecule has 0 saturated heterocycles. The van der Waals surface area contributed by atoms with Crippen molar-refractivity contribution in [3.05, 3.63) is 0 Å². The van der Waals surface area contributed by atoms with E-state index in [-0.39, 0.29) is 12.4 Å². The van der Waals surface area contributed by atoms with Crippen LogP contribution in [0.2, 0.25) is 0 Å². The Bertz CT molecular complexity index is 231. The maximum atomic E-state index is 11.5. The van der Waals surface area contributed by atoms with Crippen LogP contribution in [0.25, 0.3) is 0 Å². The minimum atomic E-state index is -0.737. The number of ether oxygens (including phenoxy) is 2. The second-order valence-corrected chi connectivity index (χ2v) is 5.35. The van der Waals surface area contributed by atoms with Crippen molar-refractivity contribution >= 4 is 17.5 Å². The number of Topliss-reactive ketones (excluding diaryl/α,β-unsaturated/α-hetero) is 1. The maximum Gasteiger partial charge on any atom is 0.142 e. The summed E-state index contributed by atoms with van der Waals surface area (Å²) in [6.07, 6.45) is 0.459. The summed E-state index contributed by atoms with van der Waals surface area (Å²) in [6.45, 7) is 2.93. The fourth-order valence-corrected chi connectivity index (χ4v) is 2.17. The van der Waals surface area contributed by atoms with Gasteiger partial charge in [0.15, 0.2) is 0 Å². The fraction of sp³-hybridized carbons (Fsp3) is 0.923. The highest BCUT2D eigenvalue weighted by molar-refractivity contribution is 7.99. The fourth-order valence-electron chi connectivity index (χ4n) is 1.30. The van der Waals surface area contributed by atoms with E-state index < -0.39 is 6.10 Å². The first-order valence-electron chi connectivity index (χ1n) is 6.89. The van der Waals surface area contributed by atoms with Gasteiger partial charge >= 0.3 is 0 Å². The number of aliphatic hydroxyl groups is 2. The SMILES string of the molecule is CNCCOCCOCCCC(=O)CSCC(O)CO. The average Bonchev–Trinajstić information content (AvgIpc) is 2.45. The van der Waals surface area contributed by atoms with Gasteiger partial charge in [-0.1, -0.05) is 0 Å². The lowest BCUT2D eigenvalue weighted by molar-refractivity contribution is -0.116. The Morgan fingerprint density at radius 1 is 1.25 bits per heavy atom. The topological polar surface area (TPSA) is 88.0 Å². The highest BCUT2D eigenvalue weighted by Gasteiger charge is 2.05. The molecule has 1 atom stereocenters. The summed E-state index contributed by atoms with van der Waals surface area (Å²) < 4.78 is 10.6. The summed E-state index contributed by atoms with van der Waals surface area (Å²) >= 11 is 1.35. The van der Waals surface area contributed by atoms with E-state index in [2.05, 4.69) is 5.32 Å². The molecule has 0 fully saturated rings. The second-order valence-electron chi connectivity index (χ2n) is 4.32. The first-order chi connectivity index (χ1) is 9.70. The van der Waals surface area contributed by atoms with Crippen molar-refractivity contribution in [1.82, 2.24) is 5.32 Å². The third-order valence-corrected chi connectivity index (χ3v) is 3.54. The third-order valence-electron chi connectivity index (χ3n) is 2.40. The quantitative estimate of drug-likeness (QED) is 0.357. The highest BCUT2D eigenvalue weighted by atomic mass is 32.2. The van der Waals surface area contributed by atoms with Crippen molar-refractivity contribution in [2.45, 2.75) is 18.9 Å². The first-order valence-corrected chi connectivity index (χ1v) is 8.04. The molecular formula is C13H27NO5S. The molecule has 6 nitrogen and oxygen atoms in total. The number of carbonyl (C=O) groups is 1. The van der Waals surface area contributed by atoms with Gasteiger partial charge in [-0.2, -0.15) is 11.8 Å². The van der Waals surface area contributed by atoms with E-state index in [4.69, 9.17) is 19.7 Å². The van der Waals surface area contributed by atoms with Gasteiger partial charge in [-0.25, -0.2) is 0 Å². The molecule has 0 aromatic carbocycles. The van der Waals surface area contributed by atoms with Crippen molar-refractivity contribution in [2.75, 3.05) is 58.1 Å². The smallest absolute Gasteiger partial charge is 0.142 e. The van der Waals surface area contributed by atoms with Gasteiger partial charge in [0.1, 0.15) is 5.78 Å². The Hall–Kier alpha value is -0.180.